The zero-order chi connectivity index (χ0) is 18.4. The molecule has 25 heavy (non-hydrogen) atoms. The van der Waals surface area contributed by atoms with Gasteiger partial charge in [0.1, 0.15) is 12.4 Å². The molecule has 6 nitrogen and oxygen atoms in total. The van der Waals surface area contributed by atoms with E-state index < -0.39 is 18.6 Å². The minimum atomic E-state index is -4.46. The maximum Gasteiger partial charge on any atom is 0.408 e. The molecule has 0 unspecified atom stereocenters. The number of hydrogen-bond acceptors (Lipinski definition) is 4. The molecule has 3 aromatic rings. The van der Waals surface area contributed by atoms with Crippen LogP contribution in [0, 0.1) is 6.92 Å². The van der Waals surface area contributed by atoms with Crippen LogP contribution in [0.3, 0.4) is 0 Å². The van der Waals surface area contributed by atoms with E-state index in [1.165, 1.54) is 27.4 Å². The third-order valence-electron chi connectivity index (χ3n) is 3.60. The fraction of sp³-hybridized carbons (Fsp3) is 0.267. The lowest BCUT2D eigenvalue weighted by molar-refractivity contribution is -0.142. The molecule has 3 rings (SSSR count). The van der Waals surface area contributed by atoms with E-state index in [0.29, 0.717) is 9.38 Å². The number of hydrogen-bond donors (Lipinski definition) is 1. The van der Waals surface area contributed by atoms with Crippen molar-refractivity contribution < 1.29 is 18.0 Å². The number of carbonyl (C=O) groups excluding carboxylic acids is 1. The molecule has 0 aromatic carbocycles. The number of anilines is 1. The molecule has 3 heterocycles. The van der Waals surface area contributed by atoms with Gasteiger partial charge >= 0.3 is 6.18 Å². The predicted octanol–water partition coefficient (Wildman–Crippen LogP) is 2.92. The van der Waals surface area contributed by atoms with Gasteiger partial charge in [-0.2, -0.15) is 18.3 Å². The zero-order valence-electron chi connectivity index (χ0n) is 13.2. The highest BCUT2D eigenvalue weighted by molar-refractivity contribution is 7.17. The first-order chi connectivity index (χ1) is 11.7. The molecule has 0 bridgehead atoms. The topological polar surface area (TPSA) is 68.9 Å². The number of carbonyl (C=O) groups is 1. The van der Waals surface area contributed by atoms with Crippen molar-refractivity contribution in [1.29, 1.82) is 0 Å². The Bertz CT molecular complexity index is 1020. The zero-order valence-corrected chi connectivity index (χ0v) is 14.0. The quantitative estimate of drug-likeness (QED) is 0.771. The molecule has 0 aliphatic carbocycles. The van der Waals surface area contributed by atoms with E-state index >= 15 is 0 Å². The normalized spacial score (nSPS) is 11.9. The predicted molar refractivity (Wildman–Crippen MR) is 88.0 cm³/mol. The number of aromatic nitrogens is 3. The number of rotatable bonds is 3. The Hall–Kier alpha value is -2.62. The van der Waals surface area contributed by atoms with E-state index in [4.69, 9.17) is 0 Å². The largest absolute Gasteiger partial charge is 0.408 e. The second-order valence-electron chi connectivity index (χ2n) is 5.53. The minimum Gasteiger partial charge on any atom is -0.318 e. The van der Waals surface area contributed by atoms with E-state index in [2.05, 4.69) is 10.4 Å². The highest BCUT2D eigenvalue weighted by Crippen LogP contribution is 2.27. The number of nitrogens with zero attached hydrogens (tertiary/aromatic N) is 3. The SMILES string of the molecule is Cc1cn(C)c(=O)c2c(C(=O)Nc3ccnn3CC(F)(F)F)csc12. The number of alkyl halides is 3. The lowest BCUT2D eigenvalue weighted by Crippen LogP contribution is -2.23. The summed E-state index contributed by atoms with van der Waals surface area (Å²) in [4.78, 5) is 24.9. The van der Waals surface area contributed by atoms with Crippen molar-refractivity contribution in [3.8, 4) is 0 Å². The van der Waals surface area contributed by atoms with Crippen molar-refractivity contribution >= 4 is 33.1 Å². The Morgan fingerprint density at radius 1 is 1.40 bits per heavy atom. The van der Waals surface area contributed by atoms with Gasteiger partial charge in [0, 0.05) is 29.4 Å². The van der Waals surface area contributed by atoms with Crippen LogP contribution in [0.5, 0.6) is 0 Å². The maximum atomic E-state index is 12.5. The second-order valence-corrected chi connectivity index (χ2v) is 6.40. The molecular weight excluding hydrogens is 357 g/mol. The van der Waals surface area contributed by atoms with Crippen molar-refractivity contribution in [2.24, 2.45) is 7.05 Å². The summed E-state index contributed by atoms with van der Waals surface area (Å²) in [6, 6.07) is 1.27. The van der Waals surface area contributed by atoms with Gasteiger partial charge in [-0.1, -0.05) is 0 Å². The third-order valence-corrected chi connectivity index (χ3v) is 4.72. The molecule has 0 aliphatic heterocycles. The third kappa shape index (κ3) is 3.29. The van der Waals surface area contributed by atoms with Gasteiger partial charge in [-0.25, -0.2) is 4.68 Å². The van der Waals surface area contributed by atoms with Crippen molar-refractivity contribution in [2.75, 3.05) is 5.32 Å². The Labute approximate surface area is 143 Å². The van der Waals surface area contributed by atoms with E-state index in [-0.39, 0.29) is 22.3 Å². The number of fused-ring (bicyclic) bond motifs is 1. The summed E-state index contributed by atoms with van der Waals surface area (Å²) in [5.74, 6) is -0.746. The van der Waals surface area contributed by atoms with Crippen molar-refractivity contribution in [1.82, 2.24) is 14.3 Å². The van der Waals surface area contributed by atoms with Crippen molar-refractivity contribution in [3.63, 3.8) is 0 Å². The Morgan fingerprint density at radius 3 is 2.80 bits per heavy atom. The molecule has 132 valence electrons. The first-order valence-electron chi connectivity index (χ1n) is 7.14. The van der Waals surface area contributed by atoms with Crippen LogP contribution in [-0.4, -0.2) is 26.4 Å². The molecular formula is C15H13F3N4O2S. The number of thiophene rings is 1. The average Bonchev–Trinajstić information content (AvgIpc) is 3.11. The van der Waals surface area contributed by atoms with Crippen LogP contribution < -0.4 is 10.9 Å². The molecule has 0 spiro atoms. The number of halogens is 3. The lowest BCUT2D eigenvalue weighted by Gasteiger charge is -2.11. The summed E-state index contributed by atoms with van der Waals surface area (Å²) in [6.45, 7) is 0.499. The molecule has 10 heteroatoms. The molecule has 3 aromatic heterocycles. The molecule has 1 N–H and O–H groups in total. The number of pyridine rings is 1. The van der Waals surface area contributed by atoms with Crippen molar-refractivity contribution in [3.05, 3.63) is 45.3 Å². The number of nitrogens with one attached hydrogen (secondary N) is 1. The molecule has 0 atom stereocenters. The molecule has 0 saturated heterocycles. The van der Waals surface area contributed by atoms with Crippen LogP contribution in [0.1, 0.15) is 15.9 Å². The summed E-state index contributed by atoms with van der Waals surface area (Å²) in [7, 11) is 1.58. The number of amides is 1. The summed E-state index contributed by atoms with van der Waals surface area (Å²) in [5.41, 5.74) is 0.628. The molecule has 1 amide bonds. The van der Waals surface area contributed by atoms with E-state index in [1.807, 2.05) is 6.92 Å². The maximum absolute atomic E-state index is 12.5. The van der Waals surface area contributed by atoms with E-state index in [1.54, 1.807) is 13.2 Å². The van der Waals surface area contributed by atoms with Crippen LogP contribution in [0.15, 0.2) is 28.6 Å². The second kappa shape index (κ2) is 6.03. The van der Waals surface area contributed by atoms with Crippen LogP contribution in [0.25, 0.3) is 10.1 Å². The van der Waals surface area contributed by atoms with Gasteiger partial charge in [0.25, 0.3) is 11.5 Å². The molecule has 0 radical (unpaired) electrons. The highest BCUT2D eigenvalue weighted by Gasteiger charge is 2.30. The Kier molecular flexibility index (Phi) is 4.15. The fourth-order valence-corrected chi connectivity index (χ4v) is 3.54. The summed E-state index contributed by atoms with van der Waals surface area (Å²) in [5, 5.41) is 7.74. The molecule has 0 saturated carbocycles. The standard InChI is InChI=1S/C15H13F3N4O2S/c1-8-5-21(2)14(24)11-9(6-25-12(8)11)13(23)20-10-3-4-19-22(10)7-15(16,17)18/h3-6H,7H2,1-2H3,(H,20,23). The van der Waals surface area contributed by atoms with Gasteiger partial charge < -0.3 is 9.88 Å². The van der Waals surface area contributed by atoms with Gasteiger partial charge in [0.2, 0.25) is 0 Å². The van der Waals surface area contributed by atoms with Gasteiger partial charge in [-0.15, -0.1) is 11.3 Å². The summed E-state index contributed by atoms with van der Waals surface area (Å²) >= 11 is 1.24. The van der Waals surface area contributed by atoms with E-state index in [0.717, 1.165) is 11.8 Å². The average molecular weight is 370 g/mol. The summed E-state index contributed by atoms with van der Waals surface area (Å²) in [6.07, 6.45) is -1.63. The van der Waals surface area contributed by atoms with E-state index in [9.17, 15) is 22.8 Å². The van der Waals surface area contributed by atoms with Gasteiger partial charge in [0.15, 0.2) is 0 Å². The number of aryl methyl sites for hydroxylation is 2. The van der Waals surface area contributed by atoms with Crippen LogP contribution in [-0.2, 0) is 13.6 Å². The van der Waals surface area contributed by atoms with Crippen LogP contribution in [0.4, 0.5) is 19.0 Å². The van der Waals surface area contributed by atoms with Gasteiger partial charge in [-0.3, -0.25) is 9.59 Å². The molecule has 0 fully saturated rings. The monoisotopic (exact) mass is 370 g/mol. The van der Waals surface area contributed by atoms with Crippen LogP contribution >= 0.6 is 11.3 Å². The van der Waals surface area contributed by atoms with Gasteiger partial charge in [-0.05, 0) is 12.5 Å². The Morgan fingerprint density at radius 2 is 2.12 bits per heavy atom. The smallest absolute Gasteiger partial charge is 0.318 e. The highest BCUT2D eigenvalue weighted by atomic mass is 32.1. The lowest BCUT2D eigenvalue weighted by atomic mass is 10.1. The Balaban J connectivity index is 1.97. The minimum absolute atomic E-state index is 0.0915. The fourth-order valence-electron chi connectivity index (χ4n) is 2.53. The van der Waals surface area contributed by atoms with Crippen LogP contribution in [0.2, 0.25) is 0 Å². The molecule has 0 aliphatic rings. The first kappa shape index (κ1) is 17.2. The summed E-state index contributed by atoms with van der Waals surface area (Å²) < 4.78 is 40.3. The van der Waals surface area contributed by atoms with Gasteiger partial charge in [0.05, 0.1) is 17.1 Å². The first-order valence-corrected chi connectivity index (χ1v) is 8.02. The van der Waals surface area contributed by atoms with Crippen molar-refractivity contribution in [2.45, 2.75) is 19.6 Å².